The summed E-state index contributed by atoms with van der Waals surface area (Å²) in [5.41, 5.74) is 7.45. The Morgan fingerprint density at radius 2 is 2.05 bits per heavy atom. The summed E-state index contributed by atoms with van der Waals surface area (Å²) in [4.78, 5) is 13.9. The van der Waals surface area contributed by atoms with Gasteiger partial charge >= 0.3 is 0 Å². The number of halogens is 2. The van der Waals surface area contributed by atoms with Crippen molar-refractivity contribution in [3.8, 4) is 0 Å². The number of nitrogens with two attached hydrogens (primary N) is 1. The Balaban J connectivity index is 2.18. The third-order valence-electron chi connectivity index (χ3n) is 2.88. The molecule has 0 unspecified atom stereocenters. The van der Waals surface area contributed by atoms with Gasteiger partial charge in [0.1, 0.15) is 5.82 Å². The zero-order valence-corrected chi connectivity index (χ0v) is 12.5. The summed E-state index contributed by atoms with van der Waals surface area (Å²) < 4.78 is 13.8. The smallest absolute Gasteiger partial charge is 0.255 e. The van der Waals surface area contributed by atoms with Gasteiger partial charge in [0, 0.05) is 23.8 Å². The van der Waals surface area contributed by atoms with E-state index >= 15 is 0 Å². The predicted octanol–water partition coefficient (Wildman–Crippen LogP) is 3.44. The minimum atomic E-state index is -0.312. The average Bonchev–Trinajstić information content (AvgIpc) is 2.40. The normalized spacial score (nSPS) is 10.3. The van der Waals surface area contributed by atoms with Gasteiger partial charge in [-0.15, -0.1) is 0 Å². The van der Waals surface area contributed by atoms with E-state index in [4.69, 9.17) is 5.73 Å². The Hall–Kier alpha value is -1.88. The summed E-state index contributed by atoms with van der Waals surface area (Å²) in [5.74, 6) is -0.484. The van der Waals surface area contributed by atoms with Crippen molar-refractivity contribution in [1.82, 2.24) is 4.90 Å². The molecule has 2 aromatic rings. The van der Waals surface area contributed by atoms with E-state index in [-0.39, 0.29) is 11.7 Å². The SMILES string of the molecule is CN(Cc1cccc(F)c1)C(=O)c1cc(N)ccc1Br. The van der Waals surface area contributed by atoms with Crippen LogP contribution in [-0.2, 0) is 6.54 Å². The summed E-state index contributed by atoms with van der Waals surface area (Å²) in [5, 5.41) is 0. The zero-order chi connectivity index (χ0) is 14.7. The van der Waals surface area contributed by atoms with Gasteiger partial charge in [-0.25, -0.2) is 4.39 Å². The van der Waals surface area contributed by atoms with E-state index in [0.29, 0.717) is 22.3 Å². The van der Waals surface area contributed by atoms with Crippen LogP contribution in [0.3, 0.4) is 0 Å². The molecule has 0 heterocycles. The van der Waals surface area contributed by atoms with Crippen molar-refractivity contribution in [2.75, 3.05) is 12.8 Å². The van der Waals surface area contributed by atoms with Crippen molar-refractivity contribution in [1.29, 1.82) is 0 Å². The molecule has 0 bridgehead atoms. The summed E-state index contributed by atoms with van der Waals surface area (Å²) in [6.07, 6.45) is 0. The van der Waals surface area contributed by atoms with E-state index in [2.05, 4.69) is 15.9 Å². The first kappa shape index (κ1) is 14.5. The van der Waals surface area contributed by atoms with Gasteiger partial charge in [-0.3, -0.25) is 4.79 Å². The number of hydrogen-bond acceptors (Lipinski definition) is 2. The fourth-order valence-corrected chi connectivity index (χ4v) is 2.31. The summed E-state index contributed by atoms with van der Waals surface area (Å²) in [6.45, 7) is 0.331. The topological polar surface area (TPSA) is 46.3 Å². The fourth-order valence-electron chi connectivity index (χ4n) is 1.89. The molecule has 0 aliphatic rings. The van der Waals surface area contributed by atoms with Crippen LogP contribution in [0.25, 0.3) is 0 Å². The van der Waals surface area contributed by atoms with Crippen molar-refractivity contribution in [3.05, 3.63) is 63.9 Å². The molecule has 0 fully saturated rings. The van der Waals surface area contributed by atoms with Crippen LogP contribution in [0.15, 0.2) is 46.9 Å². The number of hydrogen-bond donors (Lipinski definition) is 1. The maximum atomic E-state index is 13.1. The number of rotatable bonds is 3. The lowest BCUT2D eigenvalue weighted by atomic mass is 10.1. The van der Waals surface area contributed by atoms with E-state index in [1.807, 2.05) is 0 Å². The number of amides is 1. The van der Waals surface area contributed by atoms with Crippen molar-refractivity contribution < 1.29 is 9.18 Å². The number of anilines is 1. The van der Waals surface area contributed by atoms with Crippen LogP contribution in [0.2, 0.25) is 0 Å². The van der Waals surface area contributed by atoms with Crippen molar-refractivity contribution in [2.24, 2.45) is 0 Å². The van der Waals surface area contributed by atoms with Crippen molar-refractivity contribution >= 4 is 27.5 Å². The second kappa shape index (κ2) is 6.05. The largest absolute Gasteiger partial charge is 0.399 e. The van der Waals surface area contributed by atoms with Gasteiger partial charge in [0.25, 0.3) is 5.91 Å². The maximum absolute atomic E-state index is 13.1. The molecule has 2 N–H and O–H groups in total. The van der Waals surface area contributed by atoms with E-state index in [1.165, 1.54) is 17.0 Å². The van der Waals surface area contributed by atoms with Gasteiger partial charge < -0.3 is 10.6 Å². The Morgan fingerprint density at radius 3 is 2.75 bits per heavy atom. The standard InChI is InChI=1S/C15H14BrFN2O/c1-19(9-10-3-2-4-11(17)7-10)15(20)13-8-12(18)5-6-14(13)16/h2-8H,9,18H2,1H3. The fraction of sp³-hybridized carbons (Fsp3) is 0.133. The molecular weight excluding hydrogens is 323 g/mol. The van der Waals surface area contributed by atoms with E-state index < -0.39 is 0 Å². The van der Waals surface area contributed by atoms with E-state index in [1.54, 1.807) is 37.4 Å². The van der Waals surface area contributed by atoms with Gasteiger partial charge in [-0.05, 0) is 51.8 Å². The molecule has 0 aliphatic heterocycles. The van der Waals surface area contributed by atoms with Crippen LogP contribution < -0.4 is 5.73 Å². The molecule has 3 nitrogen and oxygen atoms in total. The highest BCUT2D eigenvalue weighted by molar-refractivity contribution is 9.10. The molecule has 1 amide bonds. The van der Waals surface area contributed by atoms with Crippen LogP contribution in [0.5, 0.6) is 0 Å². The van der Waals surface area contributed by atoms with Crippen LogP contribution in [-0.4, -0.2) is 17.9 Å². The monoisotopic (exact) mass is 336 g/mol. The van der Waals surface area contributed by atoms with E-state index in [9.17, 15) is 9.18 Å². The maximum Gasteiger partial charge on any atom is 0.255 e. The van der Waals surface area contributed by atoms with Crippen molar-refractivity contribution in [2.45, 2.75) is 6.54 Å². The molecule has 2 rings (SSSR count). The van der Waals surface area contributed by atoms with Gasteiger partial charge in [-0.1, -0.05) is 12.1 Å². The summed E-state index contributed by atoms with van der Waals surface area (Å²) in [6, 6.07) is 11.3. The second-order valence-corrected chi connectivity index (χ2v) is 5.38. The molecule has 0 spiro atoms. The Labute approximate surface area is 125 Å². The van der Waals surface area contributed by atoms with Crippen LogP contribution in [0, 0.1) is 5.82 Å². The third-order valence-corrected chi connectivity index (χ3v) is 3.57. The van der Waals surface area contributed by atoms with Crippen molar-refractivity contribution in [3.63, 3.8) is 0 Å². The molecule has 0 radical (unpaired) electrons. The molecular formula is C15H14BrFN2O. The summed E-state index contributed by atoms with van der Waals surface area (Å²) >= 11 is 3.33. The minimum absolute atomic E-state index is 0.173. The van der Waals surface area contributed by atoms with Gasteiger partial charge in [0.2, 0.25) is 0 Å². The minimum Gasteiger partial charge on any atom is -0.399 e. The molecule has 104 valence electrons. The van der Waals surface area contributed by atoms with Gasteiger partial charge in [-0.2, -0.15) is 0 Å². The first-order chi connectivity index (χ1) is 9.47. The highest BCUT2D eigenvalue weighted by Crippen LogP contribution is 2.21. The lowest BCUT2D eigenvalue weighted by molar-refractivity contribution is 0.0784. The lowest BCUT2D eigenvalue weighted by Crippen LogP contribution is -2.26. The molecule has 0 saturated heterocycles. The van der Waals surface area contributed by atoms with Gasteiger partial charge in [0.15, 0.2) is 0 Å². The summed E-state index contributed by atoms with van der Waals surface area (Å²) in [7, 11) is 1.67. The molecule has 0 saturated carbocycles. The first-order valence-electron chi connectivity index (χ1n) is 6.02. The van der Waals surface area contributed by atoms with Crippen LogP contribution in [0.4, 0.5) is 10.1 Å². The highest BCUT2D eigenvalue weighted by Gasteiger charge is 2.15. The molecule has 0 aromatic heterocycles. The van der Waals surface area contributed by atoms with Crippen LogP contribution in [0.1, 0.15) is 15.9 Å². The molecule has 0 atom stereocenters. The number of carbonyl (C=O) groups excluding carboxylic acids is 1. The molecule has 2 aromatic carbocycles. The Bertz CT molecular complexity index is 646. The third kappa shape index (κ3) is 3.36. The van der Waals surface area contributed by atoms with E-state index in [0.717, 1.165) is 5.56 Å². The average molecular weight is 337 g/mol. The lowest BCUT2D eigenvalue weighted by Gasteiger charge is -2.18. The highest BCUT2D eigenvalue weighted by atomic mass is 79.9. The predicted molar refractivity (Wildman–Crippen MR) is 80.8 cm³/mol. The molecule has 0 aliphatic carbocycles. The Kier molecular flexibility index (Phi) is 4.39. The zero-order valence-electron chi connectivity index (χ0n) is 10.9. The van der Waals surface area contributed by atoms with Crippen LogP contribution >= 0.6 is 15.9 Å². The molecule has 20 heavy (non-hydrogen) atoms. The Morgan fingerprint density at radius 1 is 1.30 bits per heavy atom. The number of benzene rings is 2. The number of nitrogens with zero attached hydrogens (tertiary/aromatic N) is 1. The first-order valence-corrected chi connectivity index (χ1v) is 6.81. The number of nitrogen functional groups attached to an aromatic ring is 1. The molecule has 5 heteroatoms. The number of carbonyl (C=O) groups is 1. The van der Waals surface area contributed by atoms with Gasteiger partial charge in [0.05, 0.1) is 5.56 Å². The quantitative estimate of drug-likeness (QED) is 0.872. The second-order valence-electron chi connectivity index (χ2n) is 4.53.